The summed E-state index contributed by atoms with van der Waals surface area (Å²) in [7, 11) is 0. The molecule has 5 heteroatoms. The maximum Gasteiger partial charge on any atom is 0.305 e. The molecule has 0 radical (unpaired) electrons. The number of amides is 1. The molecule has 1 atom stereocenters. The summed E-state index contributed by atoms with van der Waals surface area (Å²) in [6, 6.07) is 18.1. The minimum absolute atomic E-state index is 0.0236. The van der Waals surface area contributed by atoms with E-state index in [9.17, 15) is 14.4 Å². The predicted octanol–water partition coefficient (Wildman–Crippen LogP) is 3.15. The molecule has 26 heavy (non-hydrogen) atoms. The van der Waals surface area contributed by atoms with Gasteiger partial charge in [0.2, 0.25) is 5.91 Å². The summed E-state index contributed by atoms with van der Waals surface area (Å²) < 4.78 is 4.90. The second-order valence-electron chi connectivity index (χ2n) is 5.83. The van der Waals surface area contributed by atoms with Gasteiger partial charge in [-0.25, -0.2) is 0 Å². The molecule has 2 rings (SSSR count). The fraction of sp³-hybridized carbons (Fsp3) is 0.286. The van der Waals surface area contributed by atoms with Crippen molar-refractivity contribution < 1.29 is 19.1 Å². The number of benzene rings is 2. The molecular formula is C21H23NO4. The molecule has 0 saturated carbocycles. The molecule has 2 aromatic rings. The molecular weight excluding hydrogens is 330 g/mol. The molecule has 0 saturated heterocycles. The van der Waals surface area contributed by atoms with Crippen LogP contribution in [0.15, 0.2) is 60.7 Å². The van der Waals surface area contributed by atoms with Gasteiger partial charge in [-0.3, -0.25) is 14.4 Å². The average Bonchev–Trinajstić information content (AvgIpc) is 2.68. The van der Waals surface area contributed by atoms with E-state index >= 15 is 0 Å². The fourth-order valence-electron chi connectivity index (χ4n) is 2.59. The largest absolute Gasteiger partial charge is 0.466 e. The van der Waals surface area contributed by atoms with E-state index in [1.807, 2.05) is 30.3 Å². The Bertz CT molecular complexity index is 728. The molecule has 2 aromatic carbocycles. The summed E-state index contributed by atoms with van der Waals surface area (Å²) in [4.78, 5) is 37.0. The van der Waals surface area contributed by atoms with E-state index in [2.05, 4.69) is 5.32 Å². The van der Waals surface area contributed by atoms with Gasteiger partial charge in [-0.15, -0.1) is 0 Å². The summed E-state index contributed by atoms with van der Waals surface area (Å²) >= 11 is 0. The summed E-state index contributed by atoms with van der Waals surface area (Å²) in [5.74, 6) is -2.01. The molecule has 0 spiro atoms. The topological polar surface area (TPSA) is 72.5 Å². The van der Waals surface area contributed by atoms with Gasteiger partial charge in [-0.2, -0.15) is 0 Å². The first-order valence-corrected chi connectivity index (χ1v) is 8.68. The molecule has 0 aromatic heterocycles. The first kappa shape index (κ1) is 19.4. The van der Waals surface area contributed by atoms with Crippen LogP contribution in [0.5, 0.6) is 0 Å². The maximum atomic E-state index is 12.8. The first-order valence-electron chi connectivity index (χ1n) is 8.68. The van der Waals surface area contributed by atoms with Crippen LogP contribution in [0.2, 0.25) is 0 Å². The van der Waals surface area contributed by atoms with Gasteiger partial charge in [-0.1, -0.05) is 60.7 Å². The molecule has 1 amide bonds. The molecule has 0 aliphatic rings. The Hall–Kier alpha value is -2.95. The monoisotopic (exact) mass is 353 g/mol. The second-order valence-corrected chi connectivity index (χ2v) is 5.83. The zero-order valence-corrected chi connectivity index (χ0v) is 14.8. The third-order valence-corrected chi connectivity index (χ3v) is 3.94. The van der Waals surface area contributed by atoms with Crippen molar-refractivity contribution in [3.8, 4) is 0 Å². The quantitative estimate of drug-likeness (QED) is 0.427. The summed E-state index contributed by atoms with van der Waals surface area (Å²) in [6.45, 7) is 2.32. The Morgan fingerprint density at radius 1 is 0.962 bits per heavy atom. The van der Waals surface area contributed by atoms with Gasteiger partial charge in [0.05, 0.1) is 6.61 Å². The van der Waals surface area contributed by atoms with Gasteiger partial charge in [0, 0.05) is 18.5 Å². The fourth-order valence-corrected chi connectivity index (χ4v) is 2.59. The van der Waals surface area contributed by atoms with Crippen molar-refractivity contribution in [2.75, 3.05) is 6.61 Å². The van der Waals surface area contributed by atoms with Crippen molar-refractivity contribution in [2.45, 2.75) is 26.3 Å². The van der Waals surface area contributed by atoms with Crippen LogP contribution in [0.3, 0.4) is 0 Å². The van der Waals surface area contributed by atoms with Gasteiger partial charge in [-0.05, 0) is 18.9 Å². The van der Waals surface area contributed by atoms with Crippen LogP contribution in [-0.2, 0) is 20.9 Å². The normalized spacial score (nSPS) is 11.4. The molecule has 0 aliphatic carbocycles. The first-order chi connectivity index (χ1) is 12.6. The Morgan fingerprint density at radius 2 is 1.58 bits per heavy atom. The highest BCUT2D eigenvalue weighted by Gasteiger charge is 2.28. The van der Waals surface area contributed by atoms with Crippen molar-refractivity contribution in [1.82, 2.24) is 5.32 Å². The molecule has 1 unspecified atom stereocenters. The van der Waals surface area contributed by atoms with Crippen molar-refractivity contribution in [2.24, 2.45) is 5.92 Å². The number of ether oxygens (including phenoxy) is 1. The van der Waals surface area contributed by atoms with Gasteiger partial charge in [0.15, 0.2) is 5.78 Å². The maximum absolute atomic E-state index is 12.8. The van der Waals surface area contributed by atoms with Crippen molar-refractivity contribution in [3.63, 3.8) is 0 Å². The number of rotatable bonds is 9. The SMILES string of the molecule is CCOC(=O)CCC(C(=O)NCc1ccccc1)C(=O)c1ccccc1. The summed E-state index contributed by atoms with van der Waals surface area (Å²) in [6.07, 6.45) is 0.142. The number of ketones is 1. The van der Waals surface area contributed by atoms with Crippen molar-refractivity contribution in [1.29, 1.82) is 0 Å². The lowest BCUT2D eigenvalue weighted by molar-refractivity contribution is -0.143. The molecule has 0 fully saturated rings. The zero-order valence-electron chi connectivity index (χ0n) is 14.8. The smallest absolute Gasteiger partial charge is 0.305 e. The number of carbonyl (C=O) groups is 3. The summed E-state index contributed by atoms with van der Waals surface area (Å²) in [5, 5.41) is 2.79. The molecule has 5 nitrogen and oxygen atoms in total. The molecule has 0 bridgehead atoms. The van der Waals surface area contributed by atoms with E-state index in [1.54, 1.807) is 37.3 Å². The Balaban J connectivity index is 2.07. The van der Waals surface area contributed by atoms with Gasteiger partial charge >= 0.3 is 5.97 Å². The number of hydrogen-bond donors (Lipinski definition) is 1. The van der Waals surface area contributed by atoms with Crippen molar-refractivity contribution >= 4 is 17.7 Å². The van der Waals surface area contributed by atoms with Crippen LogP contribution in [0.1, 0.15) is 35.7 Å². The lowest BCUT2D eigenvalue weighted by Gasteiger charge is -2.16. The zero-order chi connectivity index (χ0) is 18.8. The van der Waals surface area contributed by atoms with Crippen molar-refractivity contribution in [3.05, 3.63) is 71.8 Å². The van der Waals surface area contributed by atoms with Crippen LogP contribution in [0, 0.1) is 5.92 Å². The number of hydrogen-bond acceptors (Lipinski definition) is 4. The number of Topliss-reactive ketones (excluding diaryl/α,β-unsaturated/α-hetero) is 1. The molecule has 136 valence electrons. The predicted molar refractivity (Wildman–Crippen MR) is 98.4 cm³/mol. The lowest BCUT2D eigenvalue weighted by Crippen LogP contribution is -2.35. The highest BCUT2D eigenvalue weighted by Crippen LogP contribution is 2.16. The molecule has 0 heterocycles. The number of esters is 1. The highest BCUT2D eigenvalue weighted by atomic mass is 16.5. The van der Waals surface area contributed by atoms with Gasteiger partial charge in [0.1, 0.15) is 5.92 Å². The van der Waals surface area contributed by atoms with Crippen LogP contribution in [-0.4, -0.2) is 24.3 Å². The second kappa shape index (κ2) is 10.1. The van der Waals surface area contributed by atoms with E-state index in [-0.39, 0.29) is 31.1 Å². The Morgan fingerprint density at radius 3 is 2.19 bits per heavy atom. The van der Waals surface area contributed by atoms with Crippen LogP contribution < -0.4 is 5.32 Å². The number of carbonyl (C=O) groups excluding carboxylic acids is 3. The Labute approximate surface area is 153 Å². The lowest BCUT2D eigenvalue weighted by atomic mass is 9.92. The van der Waals surface area contributed by atoms with Crippen LogP contribution >= 0.6 is 0 Å². The number of nitrogens with one attached hydrogen (secondary N) is 1. The average molecular weight is 353 g/mol. The van der Waals surface area contributed by atoms with E-state index in [1.165, 1.54) is 0 Å². The Kier molecular flexibility index (Phi) is 7.55. The summed E-state index contributed by atoms with van der Waals surface area (Å²) in [5.41, 5.74) is 1.40. The van der Waals surface area contributed by atoms with Crippen LogP contribution in [0.25, 0.3) is 0 Å². The minimum atomic E-state index is -0.925. The molecule has 0 aliphatic heterocycles. The molecule has 1 N–H and O–H groups in total. The third-order valence-electron chi connectivity index (χ3n) is 3.94. The van der Waals surface area contributed by atoms with Gasteiger partial charge < -0.3 is 10.1 Å². The van der Waals surface area contributed by atoms with E-state index in [0.29, 0.717) is 12.1 Å². The van der Waals surface area contributed by atoms with Gasteiger partial charge in [0.25, 0.3) is 0 Å². The van der Waals surface area contributed by atoms with E-state index in [4.69, 9.17) is 4.74 Å². The van der Waals surface area contributed by atoms with E-state index in [0.717, 1.165) is 5.56 Å². The van der Waals surface area contributed by atoms with E-state index < -0.39 is 11.9 Å². The highest BCUT2D eigenvalue weighted by molar-refractivity contribution is 6.10. The standard InChI is InChI=1S/C21H23NO4/c1-2-26-19(23)14-13-18(20(24)17-11-7-4-8-12-17)21(25)22-15-16-9-5-3-6-10-16/h3-12,18H,2,13-15H2,1H3,(H,22,25). The van der Waals surface area contributed by atoms with Crippen LogP contribution in [0.4, 0.5) is 0 Å². The third kappa shape index (κ3) is 5.84. The minimum Gasteiger partial charge on any atom is -0.466 e.